The second-order valence-electron chi connectivity index (χ2n) is 7.03. The maximum atomic E-state index is 12.4. The van der Waals surface area contributed by atoms with Gasteiger partial charge in [0.05, 0.1) is 19.4 Å². The highest BCUT2D eigenvalue weighted by atomic mass is 16.4. The molecule has 0 aliphatic heterocycles. The summed E-state index contributed by atoms with van der Waals surface area (Å²) in [6.07, 6.45) is 2.47. The molecule has 29 heavy (non-hydrogen) atoms. The van der Waals surface area contributed by atoms with Crippen LogP contribution in [-0.4, -0.2) is 48.2 Å². The van der Waals surface area contributed by atoms with Crippen molar-refractivity contribution in [2.75, 3.05) is 32.1 Å². The van der Waals surface area contributed by atoms with Crippen molar-refractivity contribution in [1.82, 2.24) is 20.4 Å². The van der Waals surface area contributed by atoms with Crippen LogP contribution in [0.15, 0.2) is 51.5 Å². The van der Waals surface area contributed by atoms with Crippen molar-refractivity contribution in [1.29, 1.82) is 0 Å². The summed E-state index contributed by atoms with van der Waals surface area (Å²) in [5, 5.41) is 11.0. The number of nitrogens with one attached hydrogen (secondary N) is 1. The van der Waals surface area contributed by atoms with Gasteiger partial charge in [0, 0.05) is 26.3 Å². The Balaban J connectivity index is 1.52. The molecule has 8 nitrogen and oxygen atoms in total. The largest absolute Gasteiger partial charge is 0.459 e. The summed E-state index contributed by atoms with van der Waals surface area (Å²) in [5.41, 5.74) is 2.19. The maximum absolute atomic E-state index is 12.4. The highest BCUT2D eigenvalue weighted by molar-refractivity contribution is 5.78. The standard InChI is InChI=1S/C21H27N5O3/c1-4-11-26(15-20-23-24-21(29-20)18-6-5-12-28-18)14-19(27)22-13-16-7-9-17(10-8-16)25(2)3/h5-10,12H,4,11,13-15H2,1-3H3,(H,22,27). The predicted octanol–water partition coefficient (Wildman–Crippen LogP) is 2.92. The SMILES string of the molecule is CCCN(CC(=O)NCc1ccc(N(C)C)cc1)Cc1nnc(-c2ccco2)o1. The first-order valence-electron chi connectivity index (χ1n) is 9.66. The number of nitrogens with zero attached hydrogens (tertiary/aromatic N) is 4. The van der Waals surface area contributed by atoms with Gasteiger partial charge in [-0.05, 0) is 42.8 Å². The number of furan rings is 1. The first kappa shape index (κ1) is 20.6. The minimum atomic E-state index is -0.0408. The van der Waals surface area contributed by atoms with E-state index in [-0.39, 0.29) is 12.5 Å². The summed E-state index contributed by atoms with van der Waals surface area (Å²) in [4.78, 5) is 16.4. The van der Waals surface area contributed by atoms with Crippen molar-refractivity contribution in [2.45, 2.75) is 26.4 Å². The molecule has 0 bridgehead atoms. The molecule has 1 N–H and O–H groups in total. The number of carbonyl (C=O) groups excluding carboxylic acids is 1. The molecule has 0 aliphatic carbocycles. The first-order valence-corrected chi connectivity index (χ1v) is 9.66. The van der Waals surface area contributed by atoms with Crippen LogP contribution >= 0.6 is 0 Å². The first-order chi connectivity index (χ1) is 14.0. The third-order valence-electron chi connectivity index (χ3n) is 4.41. The zero-order valence-electron chi connectivity index (χ0n) is 17.1. The Hall–Kier alpha value is -3.13. The van der Waals surface area contributed by atoms with Gasteiger partial charge in [0.1, 0.15) is 0 Å². The van der Waals surface area contributed by atoms with Crippen molar-refractivity contribution in [2.24, 2.45) is 0 Å². The lowest BCUT2D eigenvalue weighted by Crippen LogP contribution is -2.37. The molecule has 8 heteroatoms. The van der Waals surface area contributed by atoms with Crippen LogP contribution in [0, 0.1) is 0 Å². The van der Waals surface area contributed by atoms with Gasteiger partial charge in [0.2, 0.25) is 11.8 Å². The van der Waals surface area contributed by atoms with Gasteiger partial charge in [-0.15, -0.1) is 10.2 Å². The predicted molar refractivity (Wildman–Crippen MR) is 110 cm³/mol. The Kier molecular flexibility index (Phi) is 7.02. The van der Waals surface area contributed by atoms with Crippen molar-refractivity contribution < 1.29 is 13.6 Å². The van der Waals surface area contributed by atoms with Crippen molar-refractivity contribution in [3.05, 3.63) is 54.1 Å². The van der Waals surface area contributed by atoms with Gasteiger partial charge in [-0.2, -0.15) is 0 Å². The molecule has 1 amide bonds. The zero-order valence-corrected chi connectivity index (χ0v) is 17.1. The summed E-state index contributed by atoms with van der Waals surface area (Å²) in [5.74, 6) is 1.29. The number of hydrogen-bond acceptors (Lipinski definition) is 7. The van der Waals surface area contributed by atoms with E-state index in [0.717, 1.165) is 24.2 Å². The number of carbonyl (C=O) groups is 1. The topological polar surface area (TPSA) is 87.6 Å². The van der Waals surface area contributed by atoms with Crippen LogP contribution < -0.4 is 10.2 Å². The van der Waals surface area contributed by atoms with Crippen LogP contribution in [0.3, 0.4) is 0 Å². The van der Waals surface area contributed by atoms with Crippen LogP contribution in [0.25, 0.3) is 11.7 Å². The molecule has 0 aliphatic rings. The molecule has 154 valence electrons. The van der Waals surface area contributed by atoms with Gasteiger partial charge in [-0.1, -0.05) is 19.1 Å². The maximum Gasteiger partial charge on any atom is 0.283 e. The zero-order chi connectivity index (χ0) is 20.6. The molecular formula is C21H27N5O3. The van der Waals surface area contributed by atoms with Crippen LogP contribution in [0.4, 0.5) is 5.69 Å². The molecule has 3 rings (SSSR count). The van der Waals surface area contributed by atoms with Gasteiger partial charge < -0.3 is 19.1 Å². The second-order valence-corrected chi connectivity index (χ2v) is 7.03. The van der Waals surface area contributed by atoms with Crippen molar-refractivity contribution >= 4 is 11.6 Å². The fourth-order valence-electron chi connectivity index (χ4n) is 2.91. The Labute approximate surface area is 170 Å². The van der Waals surface area contributed by atoms with E-state index in [0.29, 0.717) is 30.6 Å². The average Bonchev–Trinajstić information content (AvgIpc) is 3.38. The lowest BCUT2D eigenvalue weighted by atomic mass is 10.2. The van der Waals surface area contributed by atoms with Gasteiger partial charge in [0.25, 0.3) is 5.89 Å². The van der Waals surface area contributed by atoms with Crippen LogP contribution in [0.5, 0.6) is 0 Å². The molecule has 1 aromatic carbocycles. The van der Waals surface area contributed by atoms with E-state index < -0.39 is 0 Å². The second kappa shape index (κ2) is 9.88. The average molecular weight is 397 g/mol. The van der Waals surface area contributed by atoms with Gasteiger partial charge >= 0.3 is 0 Å². The monoisotopic (exact) mass is 397 g/mol. The van der Waals surface area contributed by atoms with E-state index in [1.54, 1.807) is 18.4 Å². The number of amides is 1. The number of aromatic nitrogens is 2. The normalized spacial score (nSPS) is 11.0. The molecule has 0 radical (unpaired) electrons. The molecular weight excluding hydrogens is 370 g/mol. The van der Waals surface area contributed by atoms with E-state index in [2.05, 4.69) is 22.4 Å². The van der Waals surface area contributed by atoms with Crippen LogP contribution in [0.1, 0.15) is 24.8 Å². The smallest absolute Gasteiger partial charge is 0.283 e. The third kappa shape index (κ3) is 5.92. The molecule has 2 aromatic heterocycles. The molecule has 2 heterocycles. The number of hydrogen-bond donors (Lipinski definition) is 1. The minimum Gasteiger partial charge on any atom is -0.459 e. The van der Waals surface area contributed by atoms with E-state index >= 15 is 0 Å². The highest BCUT2D eigenvalue weighted by Gasteiger charge is 2.16. The Bertz CT molecular complexity index is 887. The van der Waals surface area contributed by atoms with Crippen molar-refractivity contribution in [3.8, 4) is 11.7 Å². The van der Waals surface area contributed by atoms with Crippen molar-refractivity contribution in [3.63, 3.8) is 0 Å². The molecule has 0 saturated carbocycles. The number of anilines is 1. The Morgan fingerprint density at radius 2 is 1.93 bits per heavy atom. The highest BCUT2D eigenvalue weighted by Crippen LogP contribution is 2.18. The van der Waals surface area contributed by atoms with Crippen LogP contribution in [-0.2, 0) is 17.9 Å². The summed E-state index contributed by atoms with van der Waals surface area (Å²) < 4.78 is 10.9. The lowest BCUT2D eigenvalue weighted by Gasteiger charge is -2.19. The Morgan fingerprint density at radius 3 is 2.59 bits per heavy atom. The van der Waals surface area contributed by atoms with Gasteiger partial charge in [0.15, 0.2) is 5.76 Å². The van der Waals surface area contributed by atoms with Gasteiger partial charge in [-0.25, -0.2) is 0 Å². The van der Waals surface area contributed by atoms with E-state index in [4.69, 9.17) is 8.83 Å². The lowest BCUT2D eigenvalue weighted by molar-refractivity contribution is -0.122. The molecule has 0 unspecified atom stereocenters. The molecule has 0 atom stereocenters. The summed E-state index contributed by atoms with van der Waals surface area (Å²) >= 11 is 0. The van der Waals surface area contributed by atoms with E-state index in [1.807, 2.05) is 48.2 Å². The van der Waals surface area contributed by atoms with E-state index in [1.165, 1.54) is 0 Å². The molecule has 3 aromatic rings. The quantitative estimate of drug-likeness (QED) is 0.563. The summed E-state index contributed by atoms with van der Waals surface area (Å²) in [6.45, 7) is 3.99. The number of benzene rings is 1. The fraction of sp³-hybridized carbons (Fsp3) is 0.381. The summed E-state index contributed by atoms with van der Waals surface area (Å²) in [7, 11) is 4.00. The molecule has 0 spiro atoms. The van der Waals surface area contributed by atoms with Crippen LogP contribution in [0.2, 0.25) is 0 Å². The van der Waals surface area contributed by atoms with Gasteiger partial charge in [-0.3, -0.25) is 9.69 Å². The van der Waals surface area contributed by atoms with E-state index in [9.17, 15) is 4.79 Å². The summed E-state index contributed by atoms with van der Waals surface area (Å²) in [6, 6.07) is 11.6. The molecule has 0 fully saturated rings. The molecule has 0 saturated heterocycles. The third-order valence-corrected chi connectivity index (χ3v) is 4.41. The number of rotatable bonds is 10. The minimum absolute atomic E-state index is 0.0408. The fourth-order valence-corrected chi connectivity index (χ4v) is 2.91. The Morgan fingerprint density at radius 1 is 1.14 bits per heavy atom.